The lowest BCUT2D eigenvalue weighted by Gasteiger charge is -2.09. The van der Waals surface area contributed by atoms with Gasteiger partial charge in [-0.15, -0.1) is 0 Å². The van der Waals surface area contributed by atoms with Crippen LogP contribution >= 0.6 is 0 Å². The van der Waals surface area contributed by atoms with Crippen molar-refractivity contribution >= 4 is 23.2 Å². The number of nitrogens with zero attached hydrogens (tertiary/aromatic N) is 3. The average Bonchev–Trinajstić information content (AvgIpc) is 2.71. The minimum atomic E-state index is -0.429. The van der Waals surface area contributed by atoms with Gasteiger partial charge in [0.05, 0.1) is 18.4 Å². The Bertz CT molecular complexity index is 1090. The molecule has 0 aliphatic rings. The summed E-state index contributed by atoms with van der Waals surface area (Å²) in [5.41, 5.74) is 3.10. The first-order chi connectivity index (χ1) is 13.9. The molecule has 148 valence electrons. The second-order valence-electron chi connectivity index (χ2n) is 6.57. The number of pyridine rings is 1. The number of aromatic nitrogens is 3. The van der Waals surface area contributed by atoms with E-state index in [9.17, 15) is 14.4 Å². The molecule has 0 spiro atoms. The summed E-state index contributed by atoms with van der Waals surface area (Å²) in [6, 6.07) is 11.6. The second-order valence-corrected chi connectivity index (χ2v) is 6.57. The van der Waals surface area contributed by atoms with Crippen LogP contribution in [-0.4, -0.2) is 26.6 Å². The zero-order valence-electron chi connectivity index (χ0n) is 16.2. The molecule has 2 N–H and O–H groups in total. The second kappa shape index (κ2) is 8.92. The van der Waals surface area contributed by atoms with Gasteiger partial charge in [-0.05, 0) is 55.3 Å². The van der Waals surface area contributed by atoms with Crippen molar-refractivity contribution < 1.29 is 9.59 Å². The molecule has 3 rings (SSSR count). The predicted octanol–water partition coefficient (Wildman–Crippen LogP) is 2.54. The van der Waals surface area contributed by atoms with Crippen LogP contribution in [0.5, 0.6) is 0 Å². The molecular formula is C21H21N5O3. The molecule has 2 aromatic heterocycles. The van der Waals surface area contributed by atoms with Crippen molar-refractivity contribution in [2.24, 2.45) is 0 Å². The van der Waals surface area contributed by atoms with E-state index < -0.39 is 5.91 Å². The molecule has 0 aliphatic heterocycles. The van der Waals surface area contributed by atoms with Crippen LogP contribution in [-0.2, 0) is 11.3 Å². The SMILES string of the molecule is Cc1ccc(NC(=O)c2ccc(=O)n(CCC(=O)Nc3cccnc3)n2)cc1C. The first-order valence-corrected chi connectivity index (χ1v) is 9.09. The van der Waals surface area contributed by atoms with Gasteiger partial charge in [0.25, 0.3) is 11.5 Å². The van der Waals surface area contributed by atoms with E-state index >= 15 is 0 Å². The van der Waals surface area contributed by atoms with Gasteiger partial charge < -0.3 is 10.6 Å². The van der Waals surface area contributed by atoms with E-state index in [1.54, 1.807) is 24.4 Å². The molecule has 8 heteroatoms. The fraction of sp³-hybridized carbons (Fsp3) is 0.190. The van der Waals surface area contributed by atoms with Crippen LogP contribution in [0, 0.1) is 13.8 Å². The largest absolute Gasteiger partial charge is 0.325 e. The molecule has 0 radical (unpaired) electrons. The Hall–Kier alpha value is -3.81. The van der Waals surface area contributed by atoms with Gasteiger partial charge in [0.2, 0.25) is 5.91 Å². The maximum absolute atomic E-state index is 12.5. The molecule has 3 aromatic rings. The number of amides is 2. The van der Waals surface area contributed by atoms with E-state index in [2.05, 4.69) is 20.7 Å². The molecular weight excluding hydrogens is 370 g/mol. The normalized spacial score (nSPS) is 10.4. The number of benzene rings is 1. The van der Waals surface area contributed by atoms with Crippen LogP contribution in [0.25, 0.3) is 0 Å². The van der Waals surface area contributed by atoms with Crippen LogP contribution in [0.1, 0.15) is 28.0 Å². The van der Waals surface area contributed by atoms with Crippen molar-refractivity contribution in [1.82, 2.24) is 14.8 Å². The van der Waals surface area contributed by atoms with Gasteiger partial charge in [-0.2, -0.15) is 5.10 Å². The molecule has 0 bridgehead atoms. The predicted molar refractivity (Wildman–Crippen MR) is 110 cm³/mol. The standard InChI is InChI=1S/C21H21N5O3/c1-14-5-6-16(12-15(14)2)24-21(29)18-7-8-20(28)26(25-18)11-9-19(27)23-17-4-3-10-22-13-17/h3-8,10,12-13H,9,11H2,1-2H3,(H,23,27)(H,24,29). The molecule has 0 saturated carbocycles. The molecule has 0 aliphatic carbocycles. The van der Waals surface area contributed by atoms with Gasteiger partial charge in [-0.3, -0.25) is 19.4 Å². The van der Waals surface area contributed by atoms with E-state index in [4.69, 9.17) is 0 Å². The number of aryl methyl sites for hydroxylation is 3. The summed E-state index contributed by atoms with van der Waals surface area (Å²) >= 11 is 0. The summed E-state index contributed by atoms with van der Waals surface area (Å²) < 4.78 is 1.11. The lowest BCUT2D eigenvalue weighted by Crippen LogP contribution is -2.28. The van der Waals surface area contributed by atoms with Gasteiger partial charge in [0, 0.05) is 24.4 Å². The molecule has 0 unspecified atom stereocenters. The lowest BCUT2D eigenvalue weighted by atomic mass is 10.1. The van der Waals surface area contributed by atoms with Crippen LogP contribution < -0.4 is 16.2 Å². The van der Waals surface area contributed by atoms with E-state index in [-0.39, 0.29) is 30.1 Å². The molecule has 2 heterocycles. The summed E-state index contributed by atoms with van der Waals surface area (Å²) in [4.78, 5) is 40.5. The summed E-state index contributed by atoms with van der Waals surface area (Å²) in [6.07, 6.45) is 3.16. The fourth-order valence-electron chi connectivity index (χ4n) is 2.61. The van der Waals surface area contributed by atoms with E-state index in [1.165, 1.54) is 18.3 Å². The molecule has 29 heavy (non-hydrogen) atoms. The Morgan fingerprint density at radius 2 is 1.83 bits per heavy atom. The van der Waals surface area contributed by atoms with Gasteiger partial charge in [0.15, 0.2) is 0 Å². The molecule has 0 atom stereocenters. The molecule has 0 fully saturated rings. The number of rotatable bonds is 6. The van der Waals surface area contributed by atoms with Crippen molar-refractivity contribution in [3.63, 3.8) is 0 Å². The van der Waals surface area contributed by atoms with Crippen LogP contribution in [0.4, 0.5) is 11.4 Å². The van der Waals surface area contributed by atoms with E-state index in [0.29, 0.717) is 11.4 Å². The topological polar surface area (TPSA) is 106 Å². The van der Waals surface area contributed by atoms with Gasteiger partial charge in [-0.25, -0.2) is 4.68 Å². The van der Waals surface area contributed by atoms with E-state index in [1.807, 2.05) is 26.0 Å². The van der Waals surface area contributed by atoms with E-state index in [0.717, 1.165) is 15.8 Å². The van der Waals surface area contributed by atoms with Gasteiger partial charge in [0.1, 0.15) is 5.69 Å². The molecule has 8 nitrogen and oxygen atoms in total. The Labute approximate surface area is 167 Å². The minimum absolute atomic E-state index is 0.0318. The summed E-state index contributed by atoms with van der Waals surface area (Å²) in [7, 11) is 0. The Morgan fingerprint density at radius 3 is 2.55 bits per heavy atom. The number of hydrogen-bond donors (Lipinski definition) is 2. The molecule has 2 amide bonds. The fourth-order valence-corrected chi connectivity index (χ4v) is 2.61. The third-order valence-electron chi connectivity index (χ3n) is 4.36. The first kappa shape index (κ1) is 19.9. The third-order valence-corrected chi connectivity index (χ3v) is 4.36. The zero-order chi connectivity index (χ0) is 20.8. The zero-order valence-corrected chi connectivity index (χ0v) is 16.2. The highest BCUT2D eigenvalue weighted by atomic mass is 16.2. The average molecular weight is 391 g/mol. The summed E-state index contributed by atoms with van der Waals surface area (Å²) in [5, 5.41) is 9.54. The summed E-state index contributed by atoms with van der Waals surface area (Å²) in [5.74, 6) is -0.710. The van der Waals surface area contributed by atoms with Crippen molar-refractivity contribution in [3.05, 3.63) is 82.0 Å². The summed E-state index contributed by atoms with van der Waals surface area (Å²) in [6.45, 7) is 4.00. The van der Waals surface area contributed by atoms with Crippen molar-refractivity contribution in [2.45, 2.75) is 26.8 Å². The van der Waals surface area contributed by atoms with Crippen LogP contribution in [0.3, 0.4) is 0 Å². The highest BCUT2D eigenvalue weighted by Gasteiger charge is 2.12. The smallest absolute Gasteiger partial charge is 0.276 e. The van der Waals surface area contributed by atoms with Crippen molar-refractivity contribution in [1.29, 1.82) is 0 Å². The molecule has 1 aromatic carbocycles. The Kier molecular flexibility index (Phi) is 6.13. The minimum Gasteiger partial charge on any atom is -0.325 e. The highest BCUT2D eigenvalue weighted by molar-refractivity contribution is 6.02. The Morgan fingerprint density at radius 1 is 1.00 bits per heavy atom. The van der Waals surface area contributed by atoms with Crippen LogP contribution in [0.15, 0.2) is 59.7 Å². The number of anilines is 2. The number of carbonyl (C=O) groups is 2. The highest BCUT2D eigenvalue weighted by Crippen LogP contribution is 2.14. The Balaban J connectivity index is 1.65. The maximum Gasteiger partial charge on any atom is 0.276 e. The number of nitrogens with one attached hydrogen (secondary N) is 2. The lowest BCUT2D eigenvalue weighted by molar-refractivity contribution is -0.116. The molecule has 0 saturated heterocycles. The monoisotopic (exact) mass is 391 g/mol. The van der Waals surface area contributed by atoms with Crippen LogP contribution in [0.2, 0.25) is 0 Å². The van der Waals surface area contributed by atoms with Crippen molar-refractivity contribution in [3.8, 4) is 0 Å². The van der Waals surface area contributed by atoms with Gasteiger partial charge >= 0.3 is 0 Å². The third kappa shape index (κ3) is 5.35. The van der Waals surface area contributed by atoms with Gasteiger partial charge in [-0.1, -0.05) is 6.07 Å². The van der Waals surface area contributed by atoms with Crippen molar-refractivity contribution in [2.75, 3.05) is 10.6 Å². The maximum atomic E-state index is 12.5. The first-order valence-electron chi connectivity index (χ1n) is 9.09. The number of hydrogen-bond acceptors (Lipinski definition) is 5. The number of carbonyl (C=O) groups excluding carboxylic acids is 2. The quantitative estimate of drug-likeness (QED) is 0.672.